The van der Waals surface area contributed by atoms with Gasteiger partial charge in [-0.3, -0.25) is 18.8 Å². The number of primary amides is 1. The Morgan fingerprint density at radius 1 is 1.00 bits per heavy atom. The monoisotopic (exact) mass is 531 g/mol. The van der Waals surface area contributed by atoms with Gasteiger partial charge in [-0.05, 0) is 42.3 Å². The summed E-state index contributed by atoms with van der Waals surface area (Å²) in [4.78, 5) is 32.9. The molecule has 11 nitrogen and oxygen atoms in total. The number of benzene rings is 2. The first-order valence-corrected chi connectivity index (χ1v) is 12.4. The number of para-hydroxylation sites is 1. The van der Waals surface area contributed by atoms with Crippen LogP contribution in [-0.4, -0.2) is 39.8 Å². The van der Waals surface area contributed by atoms with Gasteiger partial charge in [0, 0.05) is 31.4 Å². The number of anilines is 1. The number of amides is 1. The molecule has 0 atom stereocenters. The molecule has 40 heavy (non-hydrogen) atoms. The highest BCUT2D eigenvalue weighted by Gasteiger charge is 2.15. The lowest BCUT2D eigenvalue weighted by Gasteiger charge is -2.13. The van der Waals surface area contributed by atoms with Gasteiger partial charge in [0.15, 0.2) is 5.82 Å². The Hall–Kier alpha value is -5.76. The highest BCUT2D eigenvalue weighted by molar-refractivity contribution is 6.04. The minimum Gasteiger partial charge on any atom is -0.382 e. The third-order valence-electron chi connectivity index (χ3n) is 6.05. The van der Waals surface area contributed by atoms with Gasteiger partial charge >= 0.3 is 0 Å². The van der Waals surface area contributed by atoms with E-state index in [1.54, 1.807) is 21.5 Å². The smallest absolute Gasteiger partial charge is 0.267 e. The molecule has 198 valence electrons. The molecule has 4 heterocycles. The van der Waals surface area contributed by atoms with Crippen LogP contribution in [0, 0.1) is 11.8 Å². The first-order chi connectivity index (χ1) is 19.4. The van der Waals surface area contributed by atoms with Crippen LogP contribution in [0.2, 0.25) is 0 Å². The molecule has 6 rings (SSSR count). The lowest BCUT2D eigenvalue weighted by Crippen LogP contribution is -2.24. The standard InChI is InChI=1S/C22H18N4O.C7H7N5O/c1-3-20-23-19-11-7-8-16(12-13-17-14-15-25(2)24-17)21(19)22(27)26(20)18-9-5-4-6-10-18;8-6-5(7(9)13)4-1-2-10-3-12(4)11-6/h4-11,14-15H,3H2,1-2H3;1-3H,(H2,8,11)(H2,9,13). The predicted molar refractivity (Wildman–Crippen MR) is 152 cm³/mol. The van der Waals surface area contributed by atoms with Gasteiger partial charge in [0.25, 0.3) is 11.5 Å². The average molecular weight is 532 g/mol. The van der Waals surface area contributed by atoms with Crippen molar-refractivity contribution in [3.05, 3.63) is 112 Å². The number of hydrogen-bond acceptors (Lipinski definition) is 7. The molecule has 0 bridgehead atoms. The number of nitrogen functional groups attached to an aromatic ring is 1. The topological polar surface area (TPSA) is 152 Å². The molecule has 11 heteroatoms. The van der Waals surface area contributed by atoms with Gasteiger partial charge in [-0.2, -0.15) is 5.10 Å². The molecule has 0 fully saturated rings. The predicted octanol–water partition coefficient (Wildman–Crippen LogP) is 2.49. The van der Waals surface area contributed by atoms with Crippen molar-refractivity contribution < 1.29 is 4.79 Å². The van der Waals surface area contributed by atoms with Crippen molar-refractivity contribution in [3.8, 4) is 17.5 Å². The average Bonchev–Trinajstić information content (AvgIpc) is 3.53. The molecular weight excluding hydrogens is 506 g/mol. The fourth-order valence-corrected chi connectivity index (χ4v) is 4.26. The Bertz CT molecular complexity index is 1980. The molecule has 1 amide bonds. The zero-order valence-electron chi connectivity index (χ0n) is 21.8. The Morgan fingerprint density at radius 3 is 2.50 bits per heavy atom. The lowest BCUT2D eigenvalue weighted by molar-refractivity contribution is 0.100. The normalized spacial score (nSPS) is 10.6. The second-order valence-electron chi connectivity index (χ2n) is 8.72. The van der Waals surface area contributed by atoms with Crippen molar-refractivity contribution in [2.75, 3.05) is 5.73 Å². The molecule has 4 N–H and O–H groups in total. The van der Waals surface area contributed by atoms with Crippen LogP contribution in [0.5, 0.6) is 0 Å². The zero-order chi connectivity index (χ0) is 28.2. The fourth-order valence-electron chi connectivity index (χ4n) is 4.26. The number of nitrogens with two attached hydrogens (primary N) is 2. The number of hydrogen-bond donors (Lipinski definition) is 2. The number of rotatable bonds is 3. The number of nitrogens with zero attached hydrogens (tertiary/aromatic N) is 7. The molecule has 4 aromatic heterocycles. The summed E-state index contributed by atoms with van der Waals surface area (Å²) in [7, 11) is 1.85. The Labute approximate surface area is 228 Å². The van der Waals surface area contributed by atoms with Crippen LogP contribution >= 0.6 is 0 Å². The third kappa shape index (κ3) is 5.01. The van der Waals surface area contributed by atoms with Gasteiger partial charge in [-0.25, -0.2) is 14.5 Å². The summed E-state index contributed by atoms with van der Waals surface area (Å²) in [5.74, 6) is 6.40. The summed E-state index contributed by atoms with van der Waals surface area (Å²) in [6.07, 6.45) is 5.50. The summed E-state index contributed by atoms with van der Waals surface area (Å²) in [6.45, 7) is 2.00. The number of fused-ring (bicyclic) bond motifs is 2. The second kappa shape index (κ2) is 10.9. The highest BCUT2D eigenvalue weighted by Crippen LogP contribution is 2.17. The minimum absolute atomic E-state index is 0.103. The van der Waals surface area contributed by atoms with E-state index in [0.29, 0.717) is 34.1 Å². The summed E-state index contributed by atoms with van der Waals surface area (Å²) in [5.41, 5.74) is 14.1. The molecule has 0 aliphatic heterocycles. The Balaban J connectivity index is 0.000000207. The van der Waals surface area contributed by atoms with Gasteiger partial charge in [0.1, 0.15) is 23.4 Å². The molecule has 6 aromatic rings. The Morgan fingerprint density at radius 2 is 1.80 bits per heavy atom. The maximum Gasteiger partial charge on any atom is 0.267 e. The van der Waals surface area contributed by atoms with Crippen molar-refractivity contribution in [1.29, 1.82) is 0 Å². The van der Waals surface area contributed by atoms with Crippen molar-refractivity contribution in [3.63, 3.8) is 0 Å². The lowest BCUT2D eigenvalue weighted by atomic mass is 10.1. The molecule has 0 radical (unpaired) electrons. The van der Waals surface area contributed by atoms with E-state index in [1.165, 1.54) is 10.8 Å². The second-order valence-corrected chi connectivity index (χ2v) is 8.72. The number of carbonyl (C=O) groups is 1. The Kier molecular flexibility index (Phi) is 7.07. The number of aromatic nitrogens is 7. The SMILES string of the molecule is CCc1nc2cccc(C#Cc3ccn(C)n3)c2c(=O)n1-c1ccccc1.NC(=O)c1c(N)nn2cnccc12. The molecule has 0 unspecified atom stereocenters. The largest absolute Gasteiger partial charge is 0.382 e. The van der Waals surface area contributed by atoms with Crippen molar-refractivity contribution in [2.24, 2.45) is 12.8 Å². The van der Waals surface area contributed by atoms with E-state index in [0.717, 1.165) is 11.5 Å². The molecule has 0 saturated carbocycles. The molecule has 0 saturated heterocycles. The van der Waals surface area contributed by atoms with Crippen LogP contribution in [0.15, 0.2) is 84.2 Å². The zero-order valence-corrected chi connectivity index (χ0v) is 21.8. The third-order valence-corrected chi connectivity index (χ3v) is 6.05. The highest BCUT2D eigenvalue weighted by atomic mass is 16.1. The van der Waals surface area contributed by atoms with Gasteiger partial charge in [-0.1, -0.05) is 37.1 Å². The fraction of sp³-hybridized carbons (Fsp3) is 0.103. The van der Waals surface area contributed by atoms with Gasteiger partial charge < -0.3 is 11.5 Å². The molecule has 2 aromatic carbocycles. The van der Waals surface area contributed by atoms with Crippen molar-refractivity contribution in [2.45, 2.75) is 13.3 Å². The van der Waals surface area contributed by atoms with E-state index in [1.807, 2.05) is 74.8 Å². The van der Waals surface area contributed by atoms with Gasteiger partial charge in [-0.15, -0.1) is 5.10 Å². The maximum absolute atomic E-state index is 13.4. The molecule has 0 aliphatic carbocycles. The van der Waals surface area contributed by atoms with Crippen LogP contribution in [0.4, 0.5) is 5.82 Å². The molecule has 0 spiro atoms. The van der Waals surface area contributed by atoms with E-state index >= 15 is 0 Å². The van der Waals surface area contributed by atoms with E-state index in [4.69, 9.17) is 16.5 Å². The number of aryl methyl sites for hydroxylation is 2. The van der Waals surface area contributed by atoms with E-state index in [9.17, 15) is 9.59 Å². The summed E-state index contributed by atoms with van der Waals surface area (Å²) in [5, 5.41) is 8.66. The van der Waals surface area contributed by atoms with E-state index < -0.39 is 5.91 Å². The van der Waals surface area contributed by atoms with Crippen LogP contribution in [0.3, 0.4) is 0 Å². The van der Waals surface area contributed by atoms with Gasteiger partial charge in [0.05, 0.1) is 22.1 Å². The van der Waals surface area contributed by atoms with Crippen LogP contribution in [-0.2, 0) is 13.5 Å². The van der Waals surface area contributed by atoms with E-state index in [-0.39, 0.29) is 16.9 Å². The first-order valence-electron chi connectivity index (χ1n) is 12.4. The van der Waals surface area contributed by atoms with Crippen LogP contribution in [0.1, 0.15) is 34.4 Å². The first kappa shape index (κ1) is 25.9. The van der Waals surface area contributed by atoms with Crippen molar-refractivity contribution in [1.82, 2.24) is 33.9 Å². The van der Waals surface area contributed by atoms with E-state index in [2.05, 4.69) is 27.0 Å². The number of carbonyl (C=O) groups excluding carboxylic acids is 1. The van der Waals surface area contributed by atoms with Crippen LogP contribution < -0.4 is 17.0 Å². The van der Waals surface area contributed by atoms with Gasteiger partial charge in [0.2, 0.25) is 0 Å². The summed E-state index contributed by atoms with van der Waals surface area (Å²) in [6, 6.07) is 18.6. The summed E-state index contributed by atoms with van der Waals surface area (Å²) >= 11 is 0. The van der Waals surface area contributed by atoms with Crippen LogP contribution in [0.25, 0.3) is 22.1 Å². The summed E-state index contributed by atoms with van der Waals surface area (Å²) < 4.78 is 4.79. The molecule has 0 aliphatic rings. The maximum atomic E-state index is 13.4. The quantitative estimate of drug-likeness (QED) is 0.333. The minimum atomic E-state index is -0.585. The van der Waals surface area contributed by atoms with Crippen molar-refractivity contribution >= 4 is 28.1 Å². The molecular formula is C29H25N9O2.